The summed E-state index contributed by atoms with van der Waals surface area (Å²) in [6, 6.07) is 0. The molecular weight excluding hydrogens is 114 g/mol. The summed E-state index contributed by atoms with van der Waals surface area (Å²) in [6.45, 7) is 4.13. The van der Waals surface area contributed by atoms with Crippen LogP contribution in [0.2, 0.25) is 0 Å². The first-order chi connectivity index (χ1) is 2.77. The fraction of sp³-hybridized carbons (Fsp3) is 0.857. The van der Waals surface area contributed by atoms with Crippen LogP contribution in [0.15, 0.2) is 0 Å². The highest BCUT2D eigenvalue weighted by Crippen LogP contribution is 1.54. The van der Waals surface area contributed by atoms with Gasteiger partial charge in [0.25, 0.3) is 0 Å². The van der Waals surface area contributed by atoms with Gasteiger partial charge in [0.2, 0.25) is 5.91 Å². The largest absolute Gasteiger partial charge is 0.357 e. The highest BCUT2D eigenvalue weighted by atomic mass is 16.1. The van der Waals surface area contributed by atoms with E-state index in [0.29, 0.717) is 0 Å². The van der Waals surface area contributed by atoms with E-state index < -0.39 is 0 Å². The van der Waals surface area contributed by atoms with Gasteiger partial charge in [0.1, 0.15) is 0 Å². The van der Waals surface area contributed by atoms with Crippen molar-refractivity contribution in [3.63, 3.8) is 0 Å². The molecule has 0 aliphatic carbocycles. The third kappa shape index (κ3) is 36.6. The van der Waals surface area contributed by atoms with Crippen molar-refractivity contribution in [1.82, 2.24) is 5.32 Å². The lowest BCUT2D eigenvalue weighted by molar-refractivity contribution is -0.118. The third-order valence-electron chi connectivity index (χ3n) is 0.426. The molecular formula is C7H21NO. The molecule has 0 saturated heterocycles. The van der Waals surface area contributed by atoms with Crippen molar-refractivity contribution in [2.75, 3.05) is 6.54 Å². The molecule has 1 N–H and O–H groups in total. The van der Waals surface area contributed by atoms with Gasteiger partial charge in [-0.3, -0.25) is 4.79 Å². The Morgan fingerprint density at radius 3 is 1.67 bits per heavy atom. The topological polar surface area (TPSA) is 29.1 Å². The second-order valence-electron chi connectivity index (χ2n) is 1.09. The van der Waals surface area contributed by atoms with E-state index in [-0.39, 0.29) is 28.2 Å². The summed E-state index contributed by atoms with van der Waals surface area (Å²) in [5, 5.41) is 2.57. The molecule has 2 nitrogen and oxygen atoms in total. The molecule has 9 heavy (non-hydrogen) atoms. The molecule has 0 bridgehead atoms. The Balaban J connectivity index is -0.0000000417. The van der Waals surface area contributed by atoms with Crippen molar-refractivity contribution in [2.24, 2.45) is 0 Å². The lowest BCUT2D eigenvalue weighted by atomic mass is 10.6. The molecule has 0 aromatic carbocycles. The molecule has 0 spiro atoms. The van der Waals surface area contributed by atoms with Gasteiger partial charge in [-0.1, -0.05) is 22.3 Å². The predicted octanol–water partition coefficient (Wildman–Crippen LogP) is 2.05. The molecule has 0 unspecified atom stereocenters. The number of amides is 1. The van der Waals surface area contributed by atoms with Crippen LogP contribution in [0.25, 0.3) is 0 Å². The third-order valence-corrected chi connectivity index (χ3v) is 0.426. The average molecular weight is 135 g/mol. The first-order valence-corrected chi connectivity index (χ1v) is 2.01. The summed E-state index contributed by atoms with van der Waals surface area (Å²) in [6.07, 6.45) is 0. The molecule has 0 fully saturated rings. The van der Waals surface area contributed by atoms with Crippen molar-refractivity contribution in [3.8, 4) is 0 Å². The van der Waals surface area contributed by atoms with Gasteiger partial charge in [-0.25, -0.2) is 0 Å². The van der Waals surface area contributed by atoms with Crippen molar-refractivity contribution in [3.05, 3.63) is 0 Å². The second-order valence-corrected chi connectivity index (χ2v) is 1.09. The van der Waals surface area contributed by atoms with Crippen molar-refractivity contribution in [1.29, 1.82) is 0 Å². The number of carbonyl (C=O) groups excluding carboxylic acids is 1. The summed E-state index contributed by atoms with van der Waals surface area (Å²) in [5.41, 5.74) is 0. The lowest BCUT2D eigenvalue weighted by Crippen LogP contribution is -2.18. The van der Waals surface area contributed by atoms with Gasteiger partial charge in [0.05, 0.1) is 0 Å². The number of carbonyl (C=O) groups is 1. The maximum Gasteiger partial charge on any atom is 0.216 e. The lowest BCUT2D eigenvalue weighted by Gasteiger charge is -1.88. The summed E-state index contributed by atoms with van der Waals surface area (Å²) in [4.78, 5) is 9.93. The monoisotopic (exact) mass is 135 g/mol. The van der Waals surface area contributed by atoms with Gasteiger partial charge in [0.15, 0.2) is 0 Å². The van der Waals surface area contributed by atoms with Crippen molar-refractivity contribution in [2.45, 2.75) is 36.1 Å². The number of rotatable bonds is 1. The van der Waals surface area contributed by atoms with Crippen LogP contribution in [0.3, 0.4) is 0 Å². The molecule has 1 amide bonds. The summed E-state index contributed by atoms with van der Waals surface area (Å²) in [7, 11) is 0. The molecule has 0 rings (SSSR count). The van der Waals surface area contributed by atoms with Gasteiger partial charge >= 0.3 is 0 Å². The Morgan fingerprint density at radius 2 is 1.67 bits per heavy atom. The molecule has 60 valence electrons. The SMILES string of the molecule is C.C.C.CCNC(C)=O. The van der Waals surface area contributed by atoms with E-state index in [1.807, 2.05) is 6.92 Å². The van der Waals surface area contributed by atoms with E-state index in [1.165, 1.54) is 6.92 Å². The summed E-state index contributed by atoms with van der Waals surface area (Å²) < 4.78 is 0. The molecule has 0 aliphatic heterocycles. The van der Waals surface area contributed by atoms with Crippen LogP contribution in [-0.4, -0.2) is 12.5 Å². The zero-order valence-corrected chi connectivity index (χ0v) is 4.12. The Labute approximate surface area is 59.7 Å². The Hall–Kier alpha value is -0.530. The van der Waals surface area contributed by atoms with Crippen molar-refractivity contribution < 1.29 is 4.79 Å². The van der Waals surface area contributed by atoms with Crippen LogP contribution in [0, 0.1) is 0 Å². The molecule has 0 heterocycles. The molecule has 2 heteroatoms. The van der Waals surface area contributed by atoms with Crippen LogP contribution in [0.5, 0.6) is 0 Å². The van der Waals surface area contributed by atoms with Gasteiger partial charge in [-0.05, 0) is 6.92 Å². The fourth-order valence-corrected chi connectivity index (χ4v) is 0.249. The normalized spacial score (nSPS) is 5.11. The number of nitrogens with one attached hydrogen (secondary N) is 1. The summed E-state index contributed by atoms with van der Waals surface area (Å²) in [5.74, 6) is 0.0394. The van der Waals surface area contributed by atoms with Crippen LogP contribution in [0.1, 0.15) is 36.1 Å². The predicted molar refractivity (Wildman–Crippen MR) is 44.6 cm³/mol. The zero-order chi connectivity index (χ0) is 4.99. The minimum Gasteiger partial charge on any atom is -0.357 e. The molecule has 0 radical (unpaired) electrons. The Kier molecular flexibility index (Phi) is 41.1. The van der Waals surface area contributed by atoms with E-state index in [4.69, 9.17) is 0 Å². The van der Waals surface area contributed by atoms with E-state index in [0.717, 1.165) is 6.54 Å². The number of hydrogen-bond donors (Lipinski definition) is 1. The fourth-order valence-electron chi connectivity index (χ4n) is 0.249. The maximum absolute atomic E-state index is 9.93. The summed E-state index contributed by atoms with van der Waals surface area (Å²) >= 11 is 0. The molecule has 0 saturated carbocycles. The second kappa shape index (κ2) is 15.6. The van der Waals surface area contributed by atoms with Crippen molar-refractivity contribution >= 4 is 5.91 Å². The first-order valence-electron chi connectivity index (χ1n) is 2.01. The van der Waals surface area contributed by atoms with E-state index in [9.17, 15) is 4.79 Å². The van der Waals surface area contributed by atoms with Gasteiger partial charge in [0, 0.05) is 13.5 Å². The first kappa shape index (κ1) is 23.7. The quantitative estimate of drug-likeness (QED) is 0.585. The smallest absolute Gasteiger partial charge is 0.216 e. The Bertz CT molecular complexity index is 52.9. The standard InChI is InChI=1S/C4H9NO.3CH4/c1-3-5-4(2)6;;;/h3H2,1-2H3,(H,5,6);3*1H4. The average Bonchev–Trinajstić information content (AvgIpc) is 1.35. The number of hydrogen-bond acceptors (Lipinski definition) is 1. The molecule has 0 aromatic rings. The molecule has 0 aliphatic rings. The minimum atomic E-state index is 0. The highest BCUT2D eigenvalue weighted by molar-refractivity contribution is 5.72. The van der Waals surface area contributed by atoms with E-state index in [2.05, 4.69) is 5.32 Å². The van der Waals surface area contributed by atoms with Crippen LogP contribution >= 0.6 is 0 Å². The molecule has 0 atom stereocenters. The molecule has 0 aromatic heterocycles. The zero-order valence-electron chi connectivity index (χ0n) is 4.12. The highest BCUT2D eigenvalue weighted by Gasteiger charge is 1.78. The van der Waals surface area contributed by atoms with E-state index in [1.54, 1.807) is 0 Å². The van der Waals surface area contributed by atoms with Gasteiger partial charge in [-0.15, -0.1) is 0 Å². The van der Waals surface area contributed by atoms with Crippen LogP contribution in [0.4, 0.5) is 0 Å². The van der Waals surface area contributed by atoms with Gasteiger partial charge in [-0.2, -0.15) is 0 Å². The van der Waals surface area contributed by atoms with E-state index >= 15 is 0 Å². The van der Waals surface area contributed by atoms with Gasteiger partial charge < -0.3 is 5.32 Å². The Morgan fingerprint density at radius 1 is 1.33 bits per heavy atom. The minimum absolute atomic E-state index is 0. The maximum atomic E-state index is 9.93. The van der Waals surface area contributed by atoms with Crippen LogP contribution in [-0.2, 0) is 4.79 Å². The van der Waals surface area contributed by atoms with Crippen LogP contribution < -0.4 is 5.32 Å².